The second kappa shape index (κ2) is 7.47. The van der Waals surface area contributed by atoms with Crippen molar-refractivity contribution in [3.63, 3.8) is 0 Å². The molecule has 0 bridgehead atoms. The average Bonchev–Trinajstić information content (AvgIpc) is 2.62. The SMILES string of the molecule is COc1ccc2c(c1)[C@@H](NC(=O)[C@H](C)Oc1ccc(F)cc1)CC(C)(C)O2. The third kappa shape index (κ3) is 4.51. The van der Waals surface area contributed by atoms with E-state index in [0.29, 0.717) is 17.9 Å². The zero-order valence-electron chi connectivity index (χ0n) is 15.9. The number of carbonyl (C=O) groups is 1. The molecule has 27 heavy (non-hydrogen) atoms. The molecule has 1 aliphatic rings. The maximum Gasteiger partial charge on any atom is 0.261 e. The predicted octanol–water partition coefficient (Wildman–Crippen LogP) is 4.02. The zero-order valence-corrected chi connectivity index (χ0v) is 15.9. The molecule has 1 aliphatic heterocycles. The first kappa shape index (κ1) is 19.0. The van der Waals surface area contributed by atoms with Crippen LogP contribution in [0.25, 0.3) is 0 Å². The largest absolute Gasteiger partial charge is 0.497 e. The van der Waals surface area contributed by atoms with Crippen molar-refractivity contribution in [3.05, 3.63) is 53.8 Å². The molecular weight excluding hydrogens is 349 g/mol. The quantitative estimate of drug-likeness (QED) is 0.860. The number of halogens is 1. The highest BCUT2D eigenvalue weighted by atomic mass is 19.1. The topological polar surface area (TPSA) is 56.8 Å². The Labute approximate surface area is 158 Å². The van der Waals surface area contributed by atoms with E-state index in [-0.39, 0.29) is 17.8 Å². The van der Waals surface area contributed by atoms with Crippen molar-refractivity contribution in [2.45, 2.75) is 44.9 Å². The number of fused-ring (bicyclic) bond motifs is 1. The van der Waals surface area contributed by atoms with Crippen LogP contribution in [0.3, 0.4) is 0 Å². The third-order valence-corrected chi connectivity index (χ3v) is 4.49. The lowest BCUT2D eigenvalue weighted by Crippen LogP contribution is -2.44. The number of carbonyl (C=O) groups excluding carboxylic acids is 1. The summed E-state index contributed by atoms with van der Waals surface area (Å²) in [6.07, 6.45) is -0.113. The number of ether oxygens (including phenoxy) is 3. The monoisotopic (exact) mass is 373 g/mol. The number of methoxy groups -OCH3 is 1. The molecule has 2 aromatic rings. The Hall–Kier alpha value is -2.76. The van der Waals surface area contributed by atoms with Crippen molar-refractivity contribution in [2.24, 2.45) is 0 Å². The molecule has 3 rings (SSSR count). The Morgan fingerprint density at radius 3 is 2.56 bits per heavy atom. The fourth-order valence-electron chi connectivity index (χ4n) is 3.15. The summed E-state index contributed by atoms with van der Waals surface area (Å²) < 4.78 is 30.0. The minimum Gasteiger partial charge on any atom is -0.497 e. The highest BCUT2D eigenvalue weighted by Crippen LogP contribution is 2.41. The van der Waals surface area contributed by atoms with Crippen molar-refractivity contribution in [1.82, 2.24) is 5.32 Å². The lowest BCUT2D eigenvalue weighted by Gasteiger charge is -2.38. The molecule has 0 aromatic heterocycles. The van der Waals surface area contributed by atoms with Crippen molar-refractivity contribution < 1.29 is 23.4 Å². The van der Waals surface area contributed by atoms with E-state index in [1.165, 1.54) is 24.3 Å². The molecule has 1 N–H and O–H groups in total. The first-order valence-corrected chi connectivity index (χ1v) is 8.87. The van der Waals surface area contributed by atoms with E-state index in [9.17, 15) is 9.18 Å². The second-order valence-electron chi connectivity index (χ2n) is 7.24. The lowest BCUT2D eigenvalue weighted by atomic mass is 9.89. The van der Waals surface area contributed by atoms with Crippen LogP contribution in [0.4, 0.5) is 4.39 Å². The van der Waals surface area contributed by atoms with Crippen molar-refractivity contribution >= 4 is 5.91 Å². The van der Waals surface area contributed by atoms with E-state index in [1.807, 2.05) is 32.0 Å². The maximum atomic E-state index is 13.0. The highest BCUT2D eigenvalue weighted by Gasteiger charge is 2.35. The van der Waals surface area contributed by atoms with E-state index in [2.05, 4.69) is 5.32 Å². The van der Waals surface area contributed by atoms with Crippen LogP contribution >= 0.6 is 0 Å². The van der Waals surface area contributed by atoms with Crippen LogP contribution < -0.4 is 19.5 Å². The van der Waals surface area contributed by atoms with Gasteiger partial charge in [0, 0.05) is 12.0 Å². The van der Waals surface area contributed by atoms with E-state index in [1.54, 1.807) is 14.0 Å². The number of hydrogen-bond acceptors (Lipinski definition) is 4. The van der Waals surface area contributed by atoms with E-state index >= 15 is 0 Å². The van der Waals surface area contributed by atoms with Crippen LogP contribution in [0, 0.1) is 5.82 Å². The molecule has 0 fully saturated rings. The Morgan fingerprint density at radius 2 is 1.89 bits per heavy atom. The van der Waals surface area contributed by atoms with Gasteiger partial charge in [0.15, 0.2) is 6.10 Å². The summed E-state index contributed by atoms with van der Waals surface area (Å²) >= 11 is 0. The number of nitrogens with one attached hydrogen (secondary N) is 1. The van der Waals surface area contributed by atoms with Gasteiger partial charge in [-0.2, -0.15) is 0 Å². The Balaban J connectivity index is 1.75. The molecule has 5 nitrogen and oxygen atoms in total. The summed E-state index contributed by atoms with van der Waals surface area (Å²) in [6, 6.07) is 10.9. The van der Waals surface area contributed by atoms with Gasteiger partial charge < -0.3 is 19.5 Å². The molecule has 0 unspecified atom stereocenters. The number of hydrogen-bond donors (Lipinski definition) is 1. The first-order valence-electron chi connectivity index (χ1n) is 8.87. The second-order valence-corrected chi connectivity index (χ2v) is 7.24. The molecular formula is C21H24FNO4. The summed E-state index contributed by atoms with van der Waals surface area (Å²) in [6.45, 7) is 5.63. The van der Waals surface area contributed by atoms with Gasteiger partial charge in [0.25, 0.3) is 5.91 Å². The summed E-state index contributed by atoms with van der Waals surface area (Å²) in [7, 11) is 1.60. The summed E-state index contributed by atoms with van der Waals surface area (Å²) in [5.41, 5.74) is 0.455. The maximum absolute atomic E-state index is 13.0. The van der Waals surface area contributed by atoms with Crippen molar-refractivity contribution in [1.29, 1.82) is 0 Å². The van der Waals surface area contributed by atoms with Crippen LogP contribution in [0.15, 0.2) is 42.5 Å². The number of benzene rings is 2. The summed E-state index contributed by atoms with van der Waals surface area (Å²) in [5.74, 6) is 1.26. The van der Waals surface area contributed by atoms with Gasteiger partial charge in [-0.1, -0.05) is 0 Å². The van der Waals surface area contributed by atoms with Crippen LogP contribution in [0.1, 0.15) is 38.8 Å². The Bertz CT molecular complexity index is 819. The predicted molar refractivity (Wildman–Crippen MR) is 99.7 cm³/mol. The lowest BCUT2D eigenvalue weighted by molar-refractivity contribution is -0.128. The molecule has 6 heteroatoms. The first-order chi connectivity index (χ1) is 12.8. The van der Waals surface area contributed by atoms with E-state index in [0.717, 1.165) is 11.3 Å². The molecule has 1 heterocycles. The van der Waals surface area contributed by atoms with Gasteiger partial charge in [-0.05, 0) is 63.2 Å². The van der Waals surface area contributed by atoms with Crippen LogP contribution in [-0.2, 0) is 4.79 Å². The minimum atomic E-state index is -0.726. The summed E-state index contributed by atoms with van der Waals surface area (Å²) in [4.78, 5) is 12.7. The van der Waals surface area contributed by atoms with Crippen LogP contribution in [-0.4, -0.2) is 24.7 Å². The Kier molecular flexibility index (Phi) is 5.26. The number of rotatable bonds is 5. The van der Waals surface area contributed by atoms with Crippen LogP contribution in [0.5, 0.6) is 17.2 Å². The van der Waals surface area contributed by atoms with Crippen LogP contribution in [0.2, 0.25) is 0 Å². The standard InChI is InChI=1S/C21H24FNO4/c1-13(26-15-7-5-14(22)6-8-15)20(24)23-18-12-21(2,3)27-19-10-9-16(25-4)11-17(18)19/h5-11,13,18H,12H2,1-4H3,(H,23,24)/t13-,18-/m0/s1. The van der Waals surface area contributed by atoms with Gasteiger partial charge in [0.05, 0.1) is 13.2 Å². The molecule has 2 aromatic carbocycles. The zero-order chi connectivity index (χ0) is 19.6. The molecule has 2 atom stereocenters. The van der Waals surface area contributed by atoms with E-state index in [4.69, 9.17) is 14.2 Å². The molecule has 0 saturated carbocycles. The third-order valence-electron chi connectivity index (χ3n) is 4.49. The van der Waals surface area contributed by atoms with Crippen molar-refractivity contribution in [2.75, 3.05) is 7.11 Å². The number of amides is 1. The smallest absolute Gasteiger partial charge is 0.261 e. The Morgan fingerprint density at radius 1 is 1.22 bits per heavy atom. The fraction of sp³-hybridized carbons (Fsp3) is 0.381. The van der Waals surface area contributed by atoms with Gasteiger partial charge in [0.1, 0.15) is 28.7 Å². The van der Waals surface area contributed by atoms with Gasteiger partial charge in [-0.25, -0.2) is 4.39 Å². The minimum absolute atomic E-state index is 0.231. The molecule has 0 saturated heterocycles. The highest BCUT2D eigenvalue weighted by molar-refractivity contribution is 5.81. The van der Waals surface area contributed by atoms with Gasteiger partial charge >= 0.3 is 0 Å². The molecule has 1 amide bonds. The fourth-order valence-corrected chi connectivity index (χ4v) is 3.15. The normalized spacial score (nSPS) is 18.6. The van der Waals surface area contributed by atoms with Gasteiger partial charge in [-0.15, -0.1) is 0 Å². The molecule has 0 radical (unpaired) electrons. The van der Waals surface area contributed by atoms with Gasteiger partial charge in [0.2, 0.25) is 0 Å². The van der Waals surface area contributed by atoms with E-state index < -0.39 is 11.7 Å². The molecule has 0 aliphatic carbocycles. The van der Waals surface area contributed by atoms with Crippen molar-refractivity contribution in [3.8, 4) is 17.2 Å². The summed E-state index contributed by atoms with van der Waals surface area (Å²) in [5, 5.41) is 3.04. The molecule has 0 spiro atoms. The van der Waals surface area contributed by atoms with Gasteiger partial charge in [-0.3, -0.25) is 4.79 Å². The average molecular weight is 373 g/mol. The molecule has 144 valence electrons.